The lowest BCUT2D eigenvalue weighted by Crippen LogP contribution is -1.99. The smallest absolute Gasteiger partial charge is 0.120 e. The minimum Gasteiger partial charge on any atom is -0.489 e. The number of benzene rings is 2. The van der Waals surface area contributed by atoms with Crippen molar-refractivity contribution in [2.24, 2.45) is 0 Å². The molecule has 2 aromatic rings. The Bertz CT molecular complexity index is 543. The van der Waals surface area contributed by atoms with Gasteiger partial charge in [-0.25, -0.2) is 0 Å². The highest BCUT2D eigenvalue weighted by molar-refractivity contribution is 9.10. The highest BCUT2D eigenvalue weighted by atomic mass is 79.9. The van der Waals surface area contributed by atoms with Gasteiger partial charge in [0.2, 0.25) is 0 Å². The lowest BCUT2D eigenvalue weighted by molar-refractivity contribution is 0.278. The summed E-state index contributed by atoms with van der Waals surface area (Å²) in [5.41, 5.74) is 8.32. The van der Waals surface area contributed by atoms with E-state index in [0.717, 1.165) is 21.3 Å². The fourth-order valence-corrected chi connectivity index (χ4v) is 1.98. The molecule has 18 heavy (non-hydrogen) atoms. The third-order valence-electron chi connectivity index (χ3n) is 2.58. The SMILES string of the molecule is Nc1cccc(COc2cccc(CO)c2)c1Br. The van der Waals surface area contributed by atoms with E-state index < -0.39 is 0 Å². The molecule has 0 unspecified atom stereocenters. The molecule has 0 saturated carbocycles. The molecule has 0 amide bonds. The Morgan fingerprint density at radius 2 is 1.94 bits per heavy atom. The average molecular weight is 308 g/mol. The Labute approximate surface area is 114 Å². The van der Waals surface area contributed by atoms with Crippen molar-refractivity contribution in [3.05, 3.63) is 58.1 Å². The van der Waals surface area contributed by atoms with Crippen molar-refractivity contribution in [3.63, 3.8) is 0 Å². The summed E-state index contributed by atoms with van der Waals surface area (Å²) in [6.07, 6.45) is 0. The molecule has 0 fully saturated rings. The maximum atomic E-state index is 9.05. The van der Waals surface area contributed by atoms with Crippen LogP contribution in [0.3, 0.4) is 0 Å². The molecule has 3 N–H and O–H groups in total. The Kier molecular flexibility index (Phi) is 4.23. The summed E-state index contributed by atoms with van der Waals surface area (Å²) in [5, 5.41) is 9.05. The van der Waals surface area contributed by atoms with Crippen molar-refractivity contribution in [3.8, 4) is 5.75 Å². The lowest BCUT2D eigenvalue weighted by atomic mass is 10.2. The number of hydrogen-bond donors (Lipinski definition) is 2. The Balaban J connectivity index is 2.09. The monoisotopic (exact) mass is 307 g/mol. The van der Waals surface area contributed by atoms with Crippen LogP contribution in [0.4, 0.5) is 5.69 Å². The molecule has 2 rings (SSSR count). The number of hydrogen-bond acceptors (Lipinski definition) is 3. The van der Waals surface area contributed by atoms with Crippen LogP contribution in [-0.2, 0) is 13.2 Å². The quantitative estimate of drug-likeness (QED) is 0.853. The van der Waals surface area contributed by atoms with Gasteiger partial charge in [0.15, 0.2) is 0 Å². The second-order valence-corrected chi connectivity index (χ2v) is 4.71. The number of nitrogen functional groups attached to an aromatic ring is 1. The maximum Gasteiger partial charge on any atom is 0.120 e. The summed E-state index contributed by atoms with van der Waals surface area (Å²) in [5.74, 6) is 0.732. The predicted molar refractivity (Wildman–Crippen MR) is 75.3 cm³/mol. The van der Waals surface area contributed by atoms with Crippen LogP contribution < -0.4 is 10.5 Å². The van der Waals surface area contributed by atoms with Gasteiger partial charge in [-0.1, -0.05) is 24.3 Å². The van der Waals surface area contributed by atoms with Crippen molar-refractivity contribution in [1.29, 1.82) is 0 Å². The van der Waals surface area contributed by atoms with Gasteiger partial charge in [-0.15, -0.1) is 0 Å². The number of aliphatic hydroxyl groups is 1. The van der Waals surface area contributed by atoms with Crippen LogP contribution >= 0.6 is 15.9 Å². The van der Waals surface area contributed by atoms with Crippen molar-refractivity contribution in [1.82, 2.24) is 0 Å². The molecular weight excluding hydrogens is 294 g/mol. The predicted octanol–water partition coefficient (Wildman–Crippen LogP) is 3.10. The second-order valence-electron chi connectivity index (χ2n) is 3.91. The van der Waals surface area contributed by atoms with E-state index in [1.807, 2.05) is 42.5 Å². The topological polar surface area (TPSA) is 55.5 Å². The van der Waals surface area contributed by atoms with E-state index in [4.69, 9.17) is 15.6 Å². The Hall–Kier alpha value is -1.52. The van der Waals surface area contributed by atoms with Crippen LogP contribution in [0.1, 0.15) is 11.1 Å². The van der Waals surface area contributed by atoms with E-state index in [9.17, 15) is 0 Å². The molecule has 0 atom stereocenters. The zero-order valence-electron chi connectivity index (χ0n) is 9.77. The average Bonchev–Trinajstić information content (AvgIpc) is 2.41. The summed E-state index contributed by atoms with van der Waals surface area (Å²) in [6.45, 7) is 0.444. The van der Waals surface area contributed by atoms with Gasteiger partial charge in [0.1, 0.15) is 12.4 Å². The first kappa shape index (κ1) is 12.9. The summed E-state index contributed by atoms with van der Waals surface area (Å²) in [4.78, 5) is 0. The van der Waals surface area contributed by atoms with Gasteiger partial charge >= 0.3 is 0 Å². The summed E-state index contributed by atoms with van der Waals surface area (Å²) >= 11 is 3.44. The van der Waals surface area contributed by atoms with E-state index in [1.54, 1.807) is 0 Å². The summed E-state index contributed by atoms with van der Waals surface area (Å²) in [7, 11) is 0. The first-order valence-corrected chi connectivity index (χ1v) is 6.35. The standard InChI is InChI=1S/C14H14BrNO2/c15-14-11(4-2-6-13(14)16)9-18-12-5-1-3-10(7-12)8-17/h1-7,17H,8-9,16H2. The molecule has 0 bridgehead atoms. The normalized spacial score (nSPS) is 10.3. The highest BCUT2D eigenvalue weighted by Crippen LogP contribution is 2.25. The number of ether oxygens (including phenoxy) is 1. The second kappa shape index (κ2) is 5.89. The number of halogens is 1. The number of rotatable bonds is 4. The van der Waals surface area contributed by atoms with E-state index in [-0.39, 0.29) is 6.61 Å². The third kappa shape index (κ3) is 3.03. The van der Waals surface area contributed by atoms with Gasteiger partial charge in [0.05, 0.1) is 6.61 Å². The van der Waals surface area contributed by atoms with Crippen molar-refractivity contribution >= 4 is 21.6 Å². The van der Waals surface area contributed by atoms with Crippen LogP contribution in [-0.4, -0.2) is 5.11 Å². The van der Waals surface area contributed by atoms with Gasteiger partial charge < -0.3 is 15.6 Å². The van der Waals surface area contributed by atoms with Crippen LogP contribution in [0.25, 0.3) is 0 Å². The molecule has 0 saturated heterocycles. The van der Waals surface area contributed by atoms with Gasteiger partial charge in [-0.05, 0) is 39.7 Å². The maximum absolute atomic E-state index is 9.05. The molecule has 0 aromatic heterocycles. The van der Waals surface area contributed by atoms with Gasteiger partial charge in [0.25, 0.3) is 0 Å². The number of nitrogens with two attached hydrogens (primary N) is 1. The zero-order chi connectivity index (χ0) is 13.0. The van der Waals surface area contributed by atoms with Crippen LogP contribution in [0.5, 0.6) is 5.75 Å². The molecule has 0 radical (unpaired) electrons. The molecule has 0 aliphatic rings. The Morgan fingerprint density at radius 3 is 2.72 bits per heavy atom. The van der Waals surface area contributed by atoms with Crippen LogP contribution in [0, 0.1) is 0 Å². The summed E-state index contributed by atoms with van der Waals surface area (Å²) < 4.78 is 6.54. The molecule has 0 aliphatic heterocycles. The summed E-state index contributed by atoms with van der Waals surface area (Å²) in [6, 6.07) is 13.1. The van der Waals surface area contributed by atoms with Gasteiger partial charge in [-0.3, -0.25) is 0 Å². The molecule has 94 valence electrons. The molecule has 0 aliphatic carbocycles. The largest absolute Gasteiger partial charge is 0.489 e. The molecule has 3 nitrogen and oxygen atoms in total. The first-order chi connectivity index (χ1) is 8.70. The number of aliphatic hydroxyl groups excluding tert-OH is 1. The van der Waals surface area contributed by atoms with Crippen molar-refractivity contribution < 1.29 is 9.84 Å². The van der Waals surface area contributed by atoms with E-state index in [0.29, 0.717) is 12.3 Å². The Morgan fingerprint density at radius 1 is 1.17 bits per heavy atom. The lowest BCUT2D eigenvalue weighted by Gasteiger charge is -2.10. The van der Waals surface area contributed by atoms with Crippen molar-refractivity contribution in [2.45, 2.75) is 13.2 Å². The first-order valence-electron chi connectivity index (χ1n) is 5.56. The third-order valence-corrected chi connectivity index (χ3v) is 3.55. The van der Waals surface area contributed by atoms with Crippen LogP contribution in [0.2, 0.25) is 0 Å². The van der Waals surface area contributed by atoms with Crippen LogP contribution in [0.15, 0.2) is 46.9 Å². The van der Waals surface area contributed by atoms with Gasteiger partial charge in [-0.2, -0.15) is 0 Å². The van der Waals surface area contributed by atoms with E-state index in [2.05, 4.69) is 15.9 Å². The fourth-order valence-electron chi connectivity index (χ4n) is 1.61. The molecule has 0 spiro atoms. The highest BCUT2D eigenvalue weighted by Gasteiger charge is 2.04. The molecule has 2 aromatic carbocycles. The van der Waals surface area contributed by atoms with Crippen molar-refractivity contribution in [2.75, 3.05) is 5.73 Å². The van der Waals surface area contributed by atoms with E-state index in [1.165, 1.54) is 0 Å². The van der Waals surface area contributed by atoms with E-state index >= 15 is 0 Å². The minimum absolute atomic E-state index is 0.0131. The molecular formula is C14H14BrNO2. The minimum atomic E-state index is 0.0131. The number of anilines is 1. The zero-order valence-corrected chi connectivity index (χ0v) is 11.4. The molecule has 4 heteroatoms. The van der Waals surface area contributed by atoms with Gasteiger partial charge in [0, 0.05) is 15.7 Å². The molecule has 0 heterocycles. The fraction of sp³-hybridized carbons (Fsp3) is 0.143.